The lowest BCUT2D eigenvalue weighted by Crippen LogP contribution is -2.31. The van der Waals surface area contributed by atoms with Gasteiger partial charge in [-0.15, -0.1) is 0 Å². The molecule has 2 aromatic carbocycles. The normalized spacial score (nSPS) is 11.8. The minimum Gasteiger partial charge on any atom is -0.484 e. The Morgan fingerprint density at radius 3 is 2.57 bits per heavy atom. The fourth-order valence-electron chi connectivity index (χ4n) is 1.87. The Morgan fingerprint density at radius 2 is 1.90 bits per heavy atom. The number of rotatable bonds is 5. The van der Waals surface area contributed by atoms with E-state index in [-0.39, 0.29) is 24.4 Å². The van der Waals surface area contributed by atoms with Gasteiger partial charge in [0.2, 0.25) is 0 Å². The molecule has 0 aliphatic carbocycles. The number of carbonyl (C=O) groups is 1. The molecule has 21 heavy (non-hydrogen) atoms. The Hall–Kier alpha value is -1.88. The van der Waals surface area contributed by atoms with Crippen LogP contribution in [0.4, 0.5) is 4.39 Å². The third kappa shape index (κ3) is 4.56. The van der Waals surface area contributed by atoms with Gasteiger partial charge in [0.25, 0.3) is 5.91 Å². The molecule has 0 heterocycles. The van der Waals surface area contributed by atoms with Gasteiger partial charge in [0, 0.05) is 4.47 Å². The van der Waals surface area contributed by atoms with E-state index in [9.17, 15) is 9.18 Å². The van der Waals surface area contributed by atoms with Gasteiger partial charge in [-0.1, -0.05) is 34.1 Å². The lowest BCUT2D eigenvalue weighted by Gasteiger charge is -2.16. The standard InChI is InChI=1S/C16H15BrFNO2/c1-11(14-4-2-3-5-15(14)17)19-16(20)10-21-13-8-6-12(18)7-9-13/h2-9,11H,10H2,1H3,(H,19,20). The Labute approximate surface area is 131 Å². The number of amides is 1. The molecule has 0 radical (unpaired) electrons. The van der Waals surface area contributed by atoms with Gasteiger partial charge in [0.05, 0.1) is 6.04 Å². The molecule has 0 aliphatic heterocycles. The van der Waals surface area contributed by atoms with Crippen LogP contribution in [0.3, 0.4) is 0 Å². The van der Waals surface area contributed by atoms with E-state index in [4.69, 9.17) is 4.74 Å². The SMILES string of the molecule is CC(NC(=O)COc1ccc(F)cc1)c1ccccc1Br. The molecule has 1 N–H and O–H groups in total. The van der Waals surface area contributed by atoms with Crippen LogP contribution in [-0.4, -0.2) is 12.5 Å². The molecule has 0 saturated carbocycles. The minimum atomic E-state index is -0.339. The van der Waals surface area contributed by atoms with Crippen LogP contribution in [0.2, 0.25) is 0 Å². The van der Waals surface area contributed by atoms with E-state index in [2.05, 4.69) is 21.2 Å². The van der Waals surface area contributed by atoms with Crippen molar-refractivity contribution in [3.8, 4) is 5.75 Å². The van der Waals surface area contributed by atoms with Crippen LogP contribution in [0.5, 0.6) is 5.75 Å². The molecule has 110 valence electrons. The van der Waals surface area contributed by atoms with Gasteiger partial charge in [0.1, 0.15) is 11.6 Å². The summed E-state index contributed by atoms with van der Waals surface area (Å²) in [6.07, 6.45) is 0. The average molecular weight is 352 g/mol. The van der Waals surface area contributed by atoms with Crippen LogP contribution in [-0.2, 0) is 4.79 Å². The molecule has 1 unspecified atom stereocenters. The number of carbonyl (C=O) groups excluding carboxylic acids is 1. The summed E-state index contributed by atoms with van der Waals surface area (Å²) in [5, 5.41) is 2.85. The summed E-state index contributed by atoms with van der Waals surface area (Å²) in [7, 11) is 0. The van der Waals surface area contributed by atoms with Crippen molar-refractivity contribution < 1.29 is 13.9 Å². The smallest absolute Gasteiger partial charge is 0.258 e. The van der Waals surface area contributed by atoms with Gasteiger partial charge in [-0.25, -0.2) is 4.39 Å². The number of halogens is 2. The second-order valence-corrected chi connectivity index (χ2v) is 5.41. The van der Waals surface area contributed by atoms with Gasteiger partial charge < -0.3 is 10.1 Å². The molecule has 2 aromatic rings. The highest BCUT2D eigenvalue weighted by Crippen LogP contribution is 2.22. The zero-order chi connectivity index (χ0) is 15.2. The highest BCUT2D eigenvalue weighted by molar-refractivity contribution is 9.10. The number of hydrogen-bond acceptors (Lipinski definition) is 2. The predicted octanol–water partition coefficient (Wildman–Crippen LogP) is 3.84. The van der Waals surface area contributed by atoms with E-state index in [1.165, 1.54) is 24.3 Å². The summed E-state index contributed by atoms with van der Waals surface area (Å²) >= 11 is 3.45. The second kappa shape index (κ2) is 7.22. The Morgan fingerprint density at radius 1 is 1.24 bits per heavy atom. The maximum Gasteiger partial charge on any atom is 0.258 e. The third-order valence-electron chi connectivity index (χ3n) is 2.93. The molecule has 1 atom stereocenters. The van der Waals surface area contributed by atoms with Crippen molar-refractivity contribution in [2.45, 2.75) is 13.0 Å². The van der Waals surface area contributed by atoms with Crippen molar-refractivity contribution in [1.29, 1.82) is 0 Å². The average Bonchev–Trinajstić information content (AvgIpc) is 2.47. The summed E-state index contributed by atoms with van der Waals surface area (Å²) < 4.78 is 19.0. The largest absolute Gasteiger partial charge is 0.484 e. The van der Waals surface area contributed by atoms with Crippen LogP contribution in [0.1, 0.15) is 18.5 Å². The maximum absolute atomic E-state index is 12.7. The Kier molecular flexibility index (Phi) is 5.33. The van der Waals surface area contributed by atoms with Crippen molar-refractivity contribution in [2.75, 3.05) is 6.61 Å². The maximum atomic E-state index is 12.7. The Balaban J connectivity index is 1.87. The first-order valence-corrected chi connectivity index (χ1v) is 7.27. The summed E-state index contributed by atoms with van der Waals surface area (Å²) in [6, 6.07) is 13.1. The molecule has 0 aliphatic rings. The van der Waals surface area contributed by atoms with Gasteiger partial charge in [-0.2, -0.15) is 0 Å². The highest BCUT2D eigenvalue weighted by atomic mass is 79.9. The van der Waals surface area contributed by atoms with E-state index < -0.39 is 0 Å². The Bertz CT molecular complexity index is 616. The first-order chi connectivity index (χ1) is 10.1. The number of ether oxygens (including phenoxy) is 1. The second-order valence-electron chi connectivity index (χ2n) is 4.55. The highest BCUT2D eigenvalue weighted by Gasteiger charge is 2.12. The molecule has 5 heteroatoms. The van der Waals surface area contributed by atoms with Crippen LogP contribution < -0.4 is 10.1 Å². The van der Waals surface area contributed by atoms with Crippen molar-refractivity contribution in [1.82, 2.24) is 5.32 Å². The molecule has 1 amide bonds. The molecule has 0 spiro atoms. The fraction of sp³-hybridized carbons (Fsp3) is 0.188. The van der Waals surface area contributed by atoms with E-state index in [1.807, 2.05) is 31.2 Å². The monoisotopic (exact) mass is 351 g/mol. The van der Waals surface area contributed by atoms with Crippen molar-refractivity contribution in [3.05, 3.63) is 64.4 Å². The summed E-state index contributed by atoms with van der Waals surface area (Å²) in [4.78, 5) is 11.9. The number of nitrogens with one attached hydrogen (secondary N) is 1. The molecule has 0 aromatic heterocycles. The fourth-order valence-corrected chi connectivity index (χ4v) is 2.50. The van der Waals surface area contributed by atoms with Gasteiger partial charge in [0.15, 0.2) is 6.61 Å². The molecule has 3 nitrogen and oxygen atoms in total. The number of hydrogen-bond donors (Lipinski definition) is 1. The quantitative estimate of drug-likeness (QED) is 0.888. The summed E-state index contributed by atoms with van der Waals surface area (Å²) in [5.74, 6) is -0.114. The molecular weight excluding hydrogens is 337 g/mol. The van der Waals surface area contributed by atoms with E-state index in [1.54, 1.807) is 0 Å². The van der Waals surface area contributed by atoms with E-state index >= 15 is 0 Å². The zero-order valence-corrected chi connectivity index (χ0v) is 13.1. The molecule has 0 bridgehead atoms. The molecule has 0 saturated heterocycles. The summed E-state index contributed by atoms with van der Waals surface area (Å²) in [5.41, 5.74) is 0.993. The van der Waals surface area contributed by atoms with E-state index in [0.29, 0.717) is 5.75 Å². The van der Waals surface area contributed by atoms with Crippen LogP contribution in [0.25, 0.3) is 0 Å². The molecular formula is C16H15BrFNO2. The van der Waals surface area contributed by atoms with Crippen LogP contribution in [0.15, 0.2) is 53.0 Å². The summed E-state index contributed by atoms with van der Waals surface area (Å²) in [6.45, 7) is 1.79. The van der Waals surface area contributed by atoms with Gasteiger partial charge in [-0.05, 0) is 42.8 Å². The van der Waals surface area contributed by atoms with Crippen molar-refractivity contribution >= 4 is 21.8 Å². The van der Waals surface area contributed by atoms with E-state index in [0.717, 1.165) is 10.0 Å². The lowest BCUT2D eigenvalue weighted by molar-refractivity contribution is -0.123. The minimum absolute atomic E-state index is 0.111. The predicted molar refractivity (Wildman–Crippen MR) is 82.6 cm³/mol. The first-order valence-electron chi connectivity index (χ1n) is 6.48. The third-order valence-corrected chi connectivity index (χ3v) is 3.65. The topological polar surface area (TPSA) is 38.3 Å². The van der Waals surface area contributed by atoms with Crippen molar-refractivity contribution in [3.63, 3.8) is 0 Å². The van der Waals surface area contributed by atoms with Crippen LogP contribution >= 0.6 is 15.9 Å². The first kappa shape index (κ1) is 15.5. The van der Waals surface area contributed by atoms with Gasteiger partial charge >= 0.3 is 0 Å². The lowest BCUT2D eigenvalue weighted by atomic mass is 10.1. The molecule has 2 rings (SSSR count). The van der Waals surface area contributed by atoms with Crippen LogP contribution in [0, 0.1) is 5.82 Å². The number of benzene rings is 2. The van der Waals surface area contributed by atoms with Gasteiger partial charge in [-0.3, -0.25) is 4.79 Å². The molecule has 0 fully saturated rings. The zero-order valence-electron chi connectivity index (χ0n) is 11.5. The van der Waals surface area contributed by atoms with Crippen molar-refractivity contribution in [2.24, 2.45) is 0 Å².